The van der Waals surface area contributed by atoms with Crippen molar-refractivity contribution in [3.8, 4) is 0 Å². The summed E-state index contributed by atoms with van der Waals surface area (Å²) < 4.78 is 3.06. The summed E-state index contributed by atoms with van der Waals surface area (Å²) in [7, 11) is 0. The van der Waals surface area contributed by atoms with Gasteiger partial charge in [-0.2, -0.15) is 5.10 Å². The van der Waals surface area contributed by atoms with Crippen molar-refractivity contribution in [2.24, 2.45) is 5.41 Å². The van der Waals surface area contributed by atoms with Crippen LogP contribution in [-0.2, 0) is 6.54 Å². The monoisotopic (exact) mass is 333 g/mol. The van der Waals surface area contributed by atoms with Crippen LogP contribution in [0.2, 0.25) is 0 Å². The first-order valence-corrected chi connectivity index (χ1v) is 6.36. The van der Waals surface area contributed by atoms with Gasteiger partial charge in [0.15, 0.2) is 0 Å². The molecule has 2 aliphatic rings. The van der Waals surface area contributed by atoms with Crippen molar-refractivity contribution in [3.63, 3.8) is 0 Å². The molecule has 0 radical (unpaired) electrons. The molecule has 2 unspecified atom stereocenters. The fourth-order valence-electron chi connectivity index (χ4n) is 2.76. The zero-order chi connectivity index (χ0) is 11.3. The number of nitrogens with zero attached hydrogens (tertiary/aromatic N) is 3. The molecule has 0 spiro atoms. The predicted octanol–water partition coefficient (Wildman–Crippen LogP) is 1.63. The number of halogens is 1. The van der Waals surface area contributed by atoms with Gasteiger partial charge in [-0.25, -0.2) is 4.79 Å². The molecule has 16 heavy (non-hydrogen) atoms. The van der Waals surface area contributed by atoms with E-state index in [2.05, 4.69) is 27.7 Å². The predicted molar refractivity (Wildman–Crippen MR) is 65.1 cm³/mol. The lowest BCUT2D eigenvalue weighted by atomic mass is 10.0. The summed E-state index contributed by atoms with van der Waals surface area (Å²) in [5.74, 6) is 0. The lowest BCUT2D eigenvalue weighted by molar-refractivity contribution is 0.148. The summed E-state index contributed by atoms with van der Waals surface area (Å²) in [4.78, 5) is 12.5. The van der Waals surface area contributed by atoms with Crippen molar-refractivity contribution in [1.29, 1.82) is 0 Å². The van der Waals surface area contributed by atoms with Crippen molar-refractivity contribution in [2.45, 2.75) is 25.4 Å². The molecule has 86 valence electrons. The Morgan fingerprint density at radius 1 is 1.75 bits per heavy atom. The summed E-state index contributed by atoms with van der Waals surface area (Å²) in [6.07, 6.45) is 5.03. The highest BCUT2D eigenvalue weighted by atomic mass is 127. The SMILES string of the molecule is O=C(O)N1CCC2(Cn3cc(I)cn3)CC12. The van der Waals surface area contributed by atoms with Gasteiger partial charge in [0.25, 0.3) is 0 Å². The minimum absolute atomic E-state index is 0.174. The maximum atomic E-state index is 10.9. The van der Waals surface area contributed by atoms with E-state index in [1.54, 1.807) is 4.90 Å². The fourth-order valence-corrected chi connectivity index (χ4v) is 3.21. The molecule has 1 saturated heterocycles. The molecule has 0 aromatic carbocycles. The average molecular weight is 333 g/mol. The second-order valence-corrected chi connectivity index (χ2v) is 5.91. The highest BCUT2D eigenvalue weighted by molar-refractivity contribution is 14.1. The number of hydrogen-bond acceptors (Lipinski definition) is 2. The smallest absolute Gasteiger partial charge is 0.407 e. The van der Waals surface area contributed by atoms with E-state index in [0.717, 1.165) is 23.0 Å². The first-order chi connectivity index (χ1) is 7.61. The zero-order valence-corrected chi connectivity index (χ0v) is 10.8. The topological polar surface area (TPSA) is 58.4 Å². The van der Waals surface area contributed by atoms with Crippen molar-refractivity contribution >= 4 is 28.7 Å². The molecule has 6 heteroatoms. The molecule has 2 heterocycles. The number of carboxylic acid groups (broad SMARTS) is 1. The summed E-state index contributed by atoms with van der Waals surface area (Å²) >= 11 is 2.23. The Morgan fingerprint density at radius 2 is 2.56 bits per heavy atom. The van der Waals surface area contributed by atoms with E-state index in [0.29, 0.717) is 6.54 Å². The molecule has 1 saturated carbocycles. The van der Waals surface area contributed by atoms with Crippen molar-refractivity contribution < 1.29 is 9.90 Å². The molecule has 2 atom stereocenters. The van der Waals surface area contributed by atoms with Crippen LogP contribution in [0, 0.1) is 8.99 Å². The van der Waals surface area contributed by atoms with E-state index in [-0.39, 0.29) is 11.5 Å². The average Bonchev–Trinajstić information content (AvgIpc) is 2.59. The number of fused-ring (bicyclic) bond motifs is 1. The van der Waals surface area contributed by atoms with Crippen LogP contribution in [0.3, 0.4) is 0 Å². The summed E-state index contributed by atoms with van der Waals surface area (Å²) in [6, 6.07) is 0.229. The van der Waals surface area contributed by atoms with E-state index >= 15 is 0 Å². The molecule has 1 aliphatic carbocycles. The maximum Gasteiger partial charge on any atom is 0.407 e. The van der Waals surface area contributed by atoms with E-state index < -0.39 is 6.09 Å². The number of rotatable bonds is 2. The molecular weight excluding hydrogens is 321 g/mol. The summed E-state index contributed by atoms with van der Waals surface area (Å²) in [5.41, 5.74) is 0.174. The van der Waals surface area contributed by atoms with Gasteiger partial charge in [0.1, 0.15) is 0 Å². The molecule has 3 rings (SSSR count). The Kier molecular flexibility index (Phi) is 2.17. The highest BCUT2D eigenvalue weighted by Gasteiger charge is 2.62. The number of piperidine rings is 1. The van der Waals surface area contributed by atoms with E-state index in [1.165, 1.54) is 0 Å². The van der Waals surface area contributed by atoms with E-state index in [4.69, 9.17) is 5.11 Å². The van der Waals surface area contributed by atoms with Gasteiger partial charge in [0, 0.05) is 30.7 Å². The van der Waals surface area contributed by atoms with Gasteiger partial charge in [-0.05, 0) is 35.4 Å². The van der Waals surface area contributed by atoms with Crippen molar-refractivity contribution in [1.82, 2.24) is 14.7 Å². The van der Waals surface area contributed by atoms with Crippen LogP contribution >= 0.6 is 22.6 Å². The number of aromatic nitrogens is 2. The van der Waals surface area contributed by atoms with Gasteiger partial charge >= 0.3 is 6.09 Å². The third-order valence-electron chi connectivity index (χ3n) is 3.70. The van der Waals surface area contributed by atoms with Crippen LogP contribution in [0.15, 0.2) is 12.4 Å². The molecule has 0 bridgehead atoms. The molecule has 2 fully saturated rings. The maximum absolute atomic E-state index is 10.9. The molecule has 1 aromatic heterocycles. The van der Waals surface area contributed by atoms with Crippen LogP contribution in [0.4, 0.5) is 4.79 Å². The Bertz CT molecular complexity index is 447. The second-order valence-electron chi connectivity index (χ2n) is 4.66. The first kappa shape index (κ1) is 10.4. The minimum atomic E-state index is -0.778. The van der Waals surface area contributed by atoms with Crippen LogP contribution in [0.1, 0.15) is 12.8 Å². The first-order valence-electron chi connectivity index (χ1n) is 5.28. The van der Waals surface area contributed by atoms with Gasteiger partial charge in [0.05, 0.1) is 9.77 Å². The molecule has 1 N–H and O–H groups in total. The Hall–Kier alpha value is -0.790. The van der Waals surface area contributed by atoms with Gasteiger partial charge in [-0.1, -0.05) is 0 Å². The minimum Gasteiger partial charge on any atom is -0.465 e. The number of likely N-dealkylation sites (tertiary alicyclic amines) is 1. The van der Waals surface area contributed by atoms with E-state index in [1.807, 2.05) is 17.1 Å². The molecular formula is C10H12IN3O2. The number of amides is 1. The lowest BCUT2D eigenvalue weighted by Crippen LogP contribution is -2.29. The highest BCUT2D eigenvalue weighted by Crippen LogP contribution is 2.58. The van der Waals surface area contributed by atoms with Gasteiger partial charge in [0.2, 0.25) is 0 Å². The summed E-state index contributed by atoms with van der Waals surface area (Å²) in [5, 5.41) is 13.3. The second kappa shape index (κ2) is 3.35. The lowest BCUT2D eigenvalue weighted by Gasteiger charge is -2.11. The Labute approximate surface area is 107 Å². The Balaban J connectivity index is 1.72. The normalized spacial score (nSPS) is 31.6. The van der Waals surface area contributed by atoms with Crippen LogP contribution in [0.25, 0.3) is 0 Å². The molecule has 1 aliphatic heterocycles. The van der Waals surface area contributed by atoms with Crippen LogP contribution in [-0.4, -0.2) is 38.5 Å². The van der Waals surface area contributed by atoms with Crippen LogP contribution < -0.4 is 0 Å². The summed E-state index contributed by atoms with van der Waals surface area (Å²) in [6.45, 7) is 1.53. The van der Waals surface area contributed by atoms with Crippen molar-refractivity contribution in [2.75, 3.05) is 6.54 Å². The number of carbonyl (C=O) groups is 1. The molecule has 1 amide bonds. The quantitative estimate of drug-likeness (QED) is 0.837. The van der Waals surface area contributed by atoms with Gasteiger partial charge in [-0.15, -0.1) is 0 Å². The van der Waals surface area contributed by atoms with Gasteiger partial charge in [-0.3, -0.25) is 4.68 Å². The van der Waals surface area contributed by atoms with Gasteiger partial charge < -0.3 is 10.0 Å². The Morgan fingerprint density at radius 3 is 3.06 bits per heavy atom. The standard InChI is InChI=1S/C10H12IN3O2/c11-7-4-12-13(5-7)6-10-1-2-14(9(15)16)8(10)3-10/h4-5,8H,1-3,6H2,(H,15,16). The third-order valence-corrected chi connectivity index (χ3v) is 4.25. The fraction of sp³-hybridized carbons (Fsp3) is 0.600. The van der Waals surface area contributed by atoms with Crippen LogP contribution in [0.5, 0.6) is 0 Å². The largest absolute Gasteiger partial charge is 0.465 e. The molecule has 5 nitrogen and oxygen atoms in total. The van der Waals surface area contributed by atoms with E-state index in [9.17, 15) is 4.79 Å². The van der Waals surface area contributed by atoms with Crippen molar-refractivity contribution in [3.05, 3.63) is 16.0 Å². The number of hydrogen-bond donors (Lipinski definition) is 1. The molecule has 1 aromatic rings. The zero-order valence-electron chi connectivity index (χ0n) is 8.64. The third kappa shape index (κ3) is 1.50.